The SMILES string of the molecule is CC(=O)Nc1sc2c(c1C(=O)NCc1cc(C)ccn1)CCCC2. The highest BCUT2D eigenvalue weighted by atomic mass is 32.1. The zero-order valence-corrected chi connectivity index (χ0v) is 14.8. The number of aryl methyl sites for hydroxylation is 2. The molecule has 0 unspecified atom stereocenters. The summed E-state index contributed by atoms with van der Waals surface area (Å²) in [5.41, 5.74) is 3.68. The number of nitrogens with zero attached hydrogens (tertiary/aromatic N) is 1. The Morgan fingerprint density at radius 3 is 2.83 bits per heavy atom. The Hall–Kier alpha value is -2.21. The fraction of sp³-hybridized carbons (Fsp3) is 0.389. The van der Waals surface area contributed by atoms with Gasteiger partial charge < -0.3 is 10.6 Å². The Bertz CT molecular complexity index is 783. The first-order chi connectivity index (χ1) is 11.5. The molecule has 1 aliphatic carbocycles. The first-order valence-electron chi connectivity index (χ1n) is 8.16. The number of hydrogen-bond donors (Lipinski definition) is 2. The quantitative estimate of drug-likeness (QED) is 0.895. The molecule has 2 aromatic heterocycles. The van der Waals surface area contributed by atoms with Crippen LogP contribution in [0.4, 0.5) is 5.00 Å². The van der Waals surface area contributed by atoms with Gasteiger partial charge in [0.25, 0.3) is 5.91 Å². The molecule has 5 nitrogen and oxygen atoms in total. The zero-order chi connectivity index (χ0) is 17.1. The van der Waals surface area contributed by atoms with Crippen molar-refractivity contribution >= 4 is 28.2 Å². The van der Waals surface area contributed by atoms with Gasteiger partial charge in [-0.25, -0.2) is 0 Å². The van der Waals surface area contributed by atoms with Crippen molar-refractivity contribution in [3.63, 3.8) is 0 Å². The second-order valence-electron chi connectivity index (χ2n) is 6.10. The van der Waals surface area contributed by atoms with Crippen molar-refractivity contribution in [3.8, 4) is 0 Å². The van der Waals surface area contributed by atoms with Crippen LogP contribution in [-0.2, 0) is 24.2 Å². The lowest BCUT2D eigenvalue weighted by Crippen LogP contribution is -2.25. The number of nitrogens with one attached hydrogen (secondary N) is 2. The lowest BCUT2D eigenvalue weighted by molar-refractivity contribution is -0.114. The third-order valence-electron chi connectivity index (χ3n) is 4.09. The summed E-state index contributed by atoms with van der Waals surface area (Å²) < 4.78 is 0. The minimum Gasteiger partial charge on any atom is -0.346 e. The Morgan fingerprint density at radius 1 is 1.29 bits per heavy atom. The predicted molar refractivity (Wildman–Crippen MR) is 95.4 cm³/mol. The van der Waals surface area contributed by atoms with Gasteiger partial charge in [0.05, 0.1) is 17.8 Å². The molecule has 0 saturated heterocycles. The third-order valence-corrected chi connectivity index (χ3v) is 5.30. The standard InChI is InChI=1S/C18H21N3O2S/c1-11-7-8-19-13(9-11)10-20-17(23)16-14-5-3-4-6-15(14)24-18(16)21-12(2)22/h7-9H,3-6,10H2,1-2H3,(H,20,23)(H,21,22). The van der Waals surface area contributed by atoms with Crippen molar-refractivity contribution in [3.05, 3.63) is 45.6 Å². The first-order valence-corrected chi connectivity index (χ1v) is 8.98. The van der Waals surface area contributed by atoms with Crippen LogP contribution in [0.3, 0.4) is 0 Å². The molecule has 0 aromatic carbocycles. The van der Waals surface area contributed by atoms with E-state index in [9.17, 15) is 9.59 Å². The van der Waals surface area contributed by atoms with Crippen molar-refractivity contribution in [2.45, 2.75) is 46.1 Å². The Balaban J connectivity index is 1.82. The molecule has 0 fully saturated rings. The normalized spacial score (nSPS) is 13.2. The second kappa shape index (κ2) is 7.13. The van der Waals surface area contributed by atoms with Gasteiger partial charge in [-0.1, -0.05) is 0 Å². The number of anilines is 1. The van der Waals surface area contributed by atoms with Gasteiger partial charge in [-0.2, -0.15) is 0 Å². The second-order valence-corrected chi connectivity index (χ2v) is 7.21. The largest absolute Gasteiger partial charge is 0.346 e. The van der Waals surface area contributed by atoms with Gasteiger partial charge in [0, 0.05) is 18.0 Å². The van der Waals surface area contributed by atoms with E-state index in [2.05, 4.69) is 15.6 Å². The molecule has 2 amide bonds. The maximum absolute atomic E-state index is 12.8. The molecule has 0 spiro atoms. The number of rotatable bonds is 4. The van der Waals surface area contributed by atoms with E-state index in [1.54, 1.807) is 6.20 Å². The molecule has 24 heavy (non-hydrogen) atoms. The monoisotopic (exact) mass is 343 g/mol. The Labute approximate surface area is 145 Å². The minimum atomic E-state index is -0.150. The number of pyridine rings is 1. The van der Waals surface area contributed by atoms with Gasteiger partial charge in [0.15, 0.2) is 0 Å². The molecule has 2 aromatic rings. The highest BCUT2D eigenvalue weighted by Crippen LogP contribution is 2.38. The van der Waals surface area contributed by atoms with E-state index in [1.165, 1.54) is 23.1 Å². The summed E-state index contributed by atoms with van der Waals surface area (Å²) in [6.45, 7) is 3.85. The smallest absolute Gasteiger partial charge is 0.254 e. The van der Waals surface area contributed by atoms with Crippen LogP contribution in [0.2, 0.25) is 0 Å². The lowest BCUT2D eigenvalue weighted by atomic mass is 9.95. The van der Waals surface area contributed by atoms with Gasteiger partial charge in [-0.15, -0.1) is 11.3 Å². The highest BCUT2D eigenvalue weighted by Gasteiger charge is 2.25. The van der Waals surface area contributed by atoms with E-state index < -0.39 is 0 Å². The van der Waals surface area contributed by atoms with Gasteiger partial charge in [0.2, 0.25) is 5.91 Å². The summed E-state index contributed by atoms with van der Waals surface area (Å²) in [7, 11) is 0. The van der Waals surface area contributed by atoms with E-state index in [4.69, 9.17) is 0 Å². The number of amides is 2. The Morgan fingerprint density at radius 2 is 2.08 bits per heavy atom. The molecule has 0 radical (unpaired) electrons. The van der Waals surface area contributed by atoms with Crippen LogP contribution in [0.5, 0.6) is 0 Å². The number of carbonyl (C=O) groups excluding carboxylic acids is 2. The van der Waals surface area contributed by atoms with Crippen molar-refractivity contribution in [1.29, 1.82) is 0 Å². The number of fused-ring (bicyclic) bond motifs is 1. The van der Waals surface area contributed by atoms with E-state index in [0.29, 0.717) is 17.1 Å². The van der Waals surface area contributed by atoms with Crippen LogP contribution >= 0.6 is 11.3 Å². The van der Waals surface area contributed by atoms with Crippen LogP contribution in [-0.4, -0.2) is 16.8 Å². The van der Waals surface area contributed by atoms with Crippen molar-refractivity contribution in [2.24, 2.45) is 0 Å². The summed E-state index contributed by atoms with van der Waals surface area (Å²) in [5, 5.41) is 6.44. The fourth-order valence-corrected chi connectivity index (χ4v) is 4.34. The number of thiophene rings is 1. The summed E-state index contributed by atoms with van der Waals surface area (Å²) in [6.07, 6.45) is 5.85. The van der Waals surface area contributed by atoms with Crippen LogP contribution in [0.25, 0.3) is 0 Å². The van der Waals surface area contributed by atoms with Crippen molar-refractivity contribution in [2.75, 3.05) is 5.32 Å². The van der Waals surface area contributed by atoms with Crippen molar-refractivity contribution in [1.82, 2.24) is 10.3 Å². The summed E-state index contributed by atoms with van der Waals surface area (Å²) in [4.78, 5) is 29.7. The van der Waals surface area contributed by atoms with Gasteiger partial charge in [0.1, 0.15) is 5.00 Å². The predicted octanol–water partition coefficient (Wildman–Crippen LogP) is 3.22. The van der Waals surface area contributed by atoms with Crippen LogP contribution in [0.15, 0.2) is 18.3 Å². The fourth-order valence-electron chi connectivity index (χ4n) is 3.01. The maximum Gasteiger partial charge on any atom is 0.254 e. The van der Waals surface area contributed by atoms with Crippen molar-refractivity contribution < 1.29 is 9.59 Å². The number of carbonyl (C=O) groups is 2. The van der Waals surface area contributed by atoms with Gasteiger partial charge >= 0.3 is 0 Å². The molecule has 126 valence electrons. The molecule has 0 atom stereocenters. The molecule has 2 N–H and O–H groups in total. The summed E-state index contributed by atoms with van der Waals surface area (Å²) >= 11 is 1.53. The van der Waals surface area contributed by atoms with Gasteiger partial charge in [-0.05, 0) is 55.9 Å². The van der Waals surface area contributed by atoms with E-state index >= 15 is 0 Å². The molecule has 6 heteroatoms. The topological polar surface area (TPSA) is 71.1 Å². The summed E-state index contributed by atoms with van der Waals surface area (Å²) in [5.74, 6) is -0.288. The van der Waals surface area contributed by atoms with Gasteiger partial charge in [-0.3, -0.25) is 14.6 Å². The maximum atomic E-state index is 12.8. The van der Waals surface area contributed by atoms with Crippen LogP contribution in [0.1, 0.15) is 51.8 Å². The van der Waals surface area contributed by atoms with Crippen LogP contribution in [0, 0.1) is 6.92 Å². The Kier molecular flexibility index (Phi) is 4.94. The molecular weight excluding hydrogens is 322 g/mol. The first kappa shape index (κ1) is 16.6. The molecule has 0 saturated carbocycles. The zero-order valence-electron chi connectivity index (χ0n) is 13.9. The molecule has 0 aliphatic heterocycles. The average Bonchev–Trinajstić information content (AvgIpc) is 2.89. The third kappa shape index (κ3) is 3.64. The number of aromatic nitrogens is 1. The number of hydrogen-bond acceptors (Lipinski definition) is 4. The van der Waals surface area contributed by atoms with Crippen LogP contribution < -0.4 is 10.6 Å². The van der Waals surface area contributed by atoms with E-state index in [1.807, 2.05) is 19.1 Å². The molecule has 3 rings (SSSR count). The molecule has 0 bridgehead atoms. The highest BCUT2D eigenvalue weighted by molar-refractivity contribution is 7.17. The average molecular weight is 343 g/mol. The lowest BCUT2D eigenvalue weighted by Gasteiger charge is -2.13. The van der Waals surface area contributed by atoms with E-state index in [-0.39, 0.29) is 11.8 Å². The molecule has 1 aliphatic rings. The molecule has 2 heterocycles. The molecular formula is C18H21N3O2S. The van der Waals surface area contributed by atoms with E-state index in [0.717, 1.165) is 42.5 Å². The summed E-state index contributed by atoms with van der Waals surface area (Å²) in [6, 6.07) is 3.88. The minimum absolute atomic E-state index is 0.138.